The van der Waals surface area contributed by atoms with Crippen molar-refractivity contribution in [3.63, 3.8) is 0 Å². The standard InChI is InChI=1S/3C13H28N3.U/c3*1-9(2)14-13(15-10(3)4)16(11(5)6)12(7)8;/h3*9-12H,1-8H3;/q3*-1;+3. The van der Waals surface area contributed by atoms with Gasteiger partial charge in [-0.05, 0) is 72.5 Å². The predicted octanol–water partition coefficient (Wildman–Crippen LogP) is 11.0. The van der Waals surface area contributed by atoms with Gasteiger partial charge in [0.15, 0.2) is 0 Å². The third-order valence-electron chi connectivity index (χ3n) is 6.27. The molecule has 0 bridgehead atoms. The Bertz CT molecular complexity index is 749. The first-order chi connectivity index (χ1) is 21.8. The molecule has 0 aliphatic carbocycles. The molecule has 0 aliphatic rings. The van der Waals surface area contributed by atoms with Crippen LogP contribution in [0.2, 0.25) is 0 Å². The van der Waals surface area contributed by atoms with Crippen LogP contribution in [0.4, 0.5) is 0 Å². The van der Waals surface area contributed by atoms with Gasteiger partial charge in [-0.1, -0.05) is 166 Å². The van der Waals surface area contributed by atoms with E-state index >= 15 is 0 Å². The first kappa shape index (κ1) is 54.6. The summed E-state index contributed by atoms with van der Waals surface area (Å²) in [7, 11) is 0. The zero-order chi connectivity index (χ0) is 38.6. The smallest absolute Gasteiger partial charge is 0.421 e. The normalized spacial score (nSPS) is 12.9. The summed E-state index contributed by atoms with van der Waals surface area (Å²) in [6.45, 7) is 51.3. The molecule has 0 fully saturated rings. The summed E-state index contributed by atoms with van der Waals surface area (Å²) in [5.74, 6) is 2.69. The SMILES string of the molecule is CC(C)N=C([N-]C(C)C)N(C(C)C)C(C)C.CC(C)N=C([N-]C(C)C)N(C(C)C)C(C)C.CC(C)N=C([N-]C(C)C)N(C(C)C)C(C)C.[U+3]. The van der Waals surface area contributed by atoms with Crippen molar-refractivity contribution in [2.24, 2.45) is 15.0 Å². The van der Waals surface area contributed by atoms with Crippen molar-refractivity contribution in [1.29, 1.82) is 0 Å². The molecule has 0 heterocycles. The van der Waals surface area contributed by atoms with Gasteiger partial charge in [0, 0.05) is 17.9 Å². The molecule has 0 atom stereocenters. The van der Waals surface area contributed by atoms with E-state index in [0.717, 1.165) is 17.9 Å². The van der Waals surface area contributed by atoms with E-state index in [0.29, 0.717) is 36.3 Å². The van der Waals surface area contributed by atoms with Crippen LogP contribution in [0, 0.1) is 31.1 Å². The Labute approximate surface area is 331 Å². The van der Waals surface area contributed by atoms with Crippen LogP contribution in [0.3, 0.4) is 0 Å². The predicted molar refractivity (Wildman–Crippen MR) is 220 cm³/mol. The molecule has 0 unspecified atom stereocenters. The molecule has 0 aromatic carbocycles. The van der Waals surface area contributed by atoms with E-state index in [9.17, 15) is 0 Å². The van der Waals surface area contributed by atoms with Gasteiger partial charge < -0.3 is 45.6 Å². The van der Waals surface area contributed by atoms with Gasteiger partial charge in [-0.2, -0.15) is 0 Å². The minimum atomic E-state index is 0. The van der Waals surface area contributed by atoms with Crippen LogP contribution in [0.1, 0.15) is 166 Å². The fourth-order valence-electron chi connectivity index (χ4n) is 5.06. The molecule has 10 heteroatoms. The van der Waals surface area contributed by atoms with Crippen molar-refractivity contribution >= 4 is 17.9 Å². The van der Waals surface area contributed by atoms with Crippen LogP contribution in [0.5, 0.6) is 0 Å². The maximum absolute atomic E-state index is 4.64. The molecule has 0 saturated heterocycles. The molecular formula is C39H84N9U. The first-order valence-corrected chi connectivity index (χ1v) is 19.0. The summed E-state index contributed by atoms with van der Waals surface area (Å²) in [5.41, 5.74) is 0. The van der Waals surface area contributed by atoms with Gasteiger partial charge in [0.2, 0.25) is 0 Å². The second-order valence-corrected chi connectivity index (χ2v) is 16.0. The first-order valence-electron chi connectivity index (χ1n) is 19.0. The third-order valence-corrected chi connectivity index (χ3v) is 6.27. The van der Waals surface area contributed by atoms with Crippen LogP contribution in [-0.4, -0.2) is 105 Å². The van der Waals surface area contributed by atoms with Gasteiger partial charge in [-0.15, -0.1) is 0 Å². The topological polar surface area (TPSA) is 89.1 Å². The minimum Gasteiger partial charge on any atom is -0.421 e. The zero-order valence-electron chi connectivity index (χ0n) is 37.0. The minimum absolute atomic E-state index is 0. The fourth-order valence-corrected chi connectivity index (χ4v) is 5.06. The molecule has 9 nitrogen and oxygen atoms in total. The van der Waals surface area contributed by atoms with Gasteiger partial charge in [0.25, 0.3) is 0 Å². The number of guanidine groups is 3. The quantitative estimate of drug-likeness (QED) is 0.144. The van der Waals surface area contributed by atoms with E-state index in [1.807, 2.05) is 0 Å². The largest absolute Gasteiger partial charge is 3.00 e. The maximum Gasteiger partial charge on any atom is 3.00 e. The van der Waals surface area contributed by atoms with Crippen molar-refractivity contribution < 1.29 is 31.1 Å². The van der Waals surface area contributed by atoms with Crippen molar-refractivity contribution in [1.82, 2.24) is 14.7 Å². The van der Waals surface area contributed by atoms with Crippen molar-refractivity contribution in [2.75, 3.05) is 0 Å². The summed E-state index contributed by atoms with van der Waals surface area (Å²) in [6.07, 6.45) is 0. The Morgan fingerprint density at radius 3 is 0.531 bits per heavy atom. The van der Waals surface area contributed by atoms with Crippen LogP contribution in [0.25, 0.3) is 16.0 Å². The van der Waals surface area contributed by atoms with Crippen LogP contribution in [-0.2, 0) is 0 Å². The third kappa shape index (κ3) is 27.2. The van der Waals surface area contributed by atoms with Crippen molar-refractivity contribution in [2.45, 2.75) is 239 Å². The molecule has 0 aromatic heterocycles. The number of aliphatic imine (C=N–C) groups is 3. The van der Waals surface area contributed by atoms with Crippen molar-refractivity contribution in [3.8, 4) is 0 Å². The van der Waals surface area contributed by atoms with Crippen LogP contribution >= 0.6 is 0 Å². The Balaban J connectivity index is -0.000000307. The van der Waals surface area contributed by atoms with Gasteiger partial charge in [-0.3, -0.25) is 0 Å². The number of hydrogen-bond acceptors (Lipinski definition) is 3. The summed E-state index contributed by atoms with van der Waals surface area (Å²) in [5, 5.41) is 13.9. The molecule has 1 radical (unpaired) electrons. The number of nitrogens with zero attached hydrogens (tertiary/aromatic N) is 9. The van der Waals surface area contributed by atoms with Gasteiger partial charge >= 0.3 is 31.1 Å². The molecule has 0 spiro atoms. The molecule has 0 saturated carbocycles. The Morgan fingerprint density at radius 1 is 0.306 bits per heavy atom. The Kier molecular flexibility index (Phi) is 31.7. The zero-order valence-corrected chi connectivity index (χ0v) is 41.1. The summed E-state index contributed by atoms with van der Waals surface area (Å²) in [6, 6.07) is 4.32. The maximum atomic E-state index is 4.64. The average molecular weight is 917 g/mol. The molecule has 49 heavy (non-hydrogen) atoms. The molecule has 289 valence electrons. The monoisotopic (exact) mass is 917 g/mol. The summed E-state index contributed by atoms with van der Waals surface area (Å²) in [4.78, 5) is 20.7. The van der Waals surface area contributed by atoms with Crippen molar-refractivity contribution in [3.05, 3.63) is 16.0 Å². The van der Waals surface area contributed by atoms with E-state index in [1.165, 1.54) is 0 Å². The summed E-state index contributed by atoms with van der Waals surface area (Å²) >= 11 is 0. The molecule has 0 aromatic rings. The number of hydrogen-bond donors (Lipinski definition) is 0. The van der Waals surface area contributed by atoms with Gasteiger partial charge in [0.05, 0.1) is 0 Å². The van der Waals surface area contributed by atoms with E-state index in [4.69, 9.17) is 0 Å². The fraction of sp³-hybridized carbons (Fsp3) is 0.923. The molecule has 0 amide bonds. The second kappa shape index (κ2) is 28.4. The second-order valence-electron chi connectivity index (χ2n) is 16.0. The van der Waals surface area contributed by atoms with Gasteiger partial charge in [-0.25, -0.2) is 0 Å². The van der Waals surface area contributed by atoms with E-state index in [1.54, 1.807) is 0 Å². The van der Waals surface area contributed by atoms with Crippen LogP contribution in [0.15, 0.2) is 15.0 Å². The van der Waals surface area contributed by atoms with E-state index in [2.05, 4.69) is 212 Å². The molecule has 0 N–H and O–H groups in total. The van der Waals surface area contributed by atoms with Gasteiger partial charge in [0.1, 0.15) is 0 Å². The van der Waals surface area contributed by atoms with E-state index in [-0.39, 0.29) is 67.4 Å². The molecule has 0 aliphatic heterocycles. The van der Waals surface area contributed by atoms with E-state index < -0.39 is 0 Å². The number of rotatable bonds is 12. The Morgan fingerprint density at radius 2 is 0.449 bits per heavy atom. The average Bonchev–Trinajstić information content (AvgIpc) is 2.80. The van der Waals surface area contributed by atoms with Crippen LogP contribution < -0.4 is 0 Å². The summed E-state index contributed by atoms with van der Waals surface area (Å²) < 4.78 is 0. The molecule has 0 rings (SSSR count). The Hall–Kier alpha value is -1.14. The molecular weight excluding hydrogens is 833 g/mol.